The molecular weight excluding hydrogens is 294 g/mol. The molecule has 2 aromatic rings. The number of aromatic nitrogens is 3. The molecule has 1 aromatic carbocycles. The Hall–Kier alpha value is -1.20. The standard InChI is InChI=1S/C13H16BrN3O/c1-9-6-10(2)13(12(14)7-9)17-8-11(15-16-17)4-3-5-18/h6-8,18H,3-5H2,1-2H3. The fourth-order valence-corrected chi connectivity index (χ4v) is 2.84. The lowest BCUT2D eigenvalue weighted by molar-refractivity contribution is 0.288. The third-order valence-corrected chi connectivity index (χ3v) is 3.36. The van der Waals surface area contributed by atoms with E-state index in [0.717, 1.165) is 27.8 Å². The van der Waals surface area contributed by atoms with Gasteiger partial charge in [0.05, 0.1) is 17.6 Å². The maximum atomic E-state index is 8.81. The normalized spacial score (nSPS) is 10.9. The summed E-state index contributed by atoms with van der Waals surface area (Å²) in [5.41, 5.74) is 4.28. The lowest BCUT2D eigenvalue weighted by atomic mass is 10.1. The summed E-state index contributed by atoms with van der Waals surface area (Å²) in [6.45, 7) is 4.30. The molecule has 0 aliphatic heterocycles. The van der Waals surface area contributed by atoms with Crippen LogP contribution in [0.15, 0.2) is 22.8 Å². The first kappa shape index (κ1) is 13.2. The number of benzene rings is 1. The topological polar surface area (TPSA) is 50.9 Å². The van der Waals surface area contributed by atoms with Gasteiger partial charge in [-0.3, -0.25) is 0 Å². The van der Waals surface area contributed by atoms with Crippen molar-refractivity contribution in [2.45, 2.75) is 26.7 Å². The SMILES string of the molecule is Cc1cc(C)c(-n2cc(CCCO)nn2)c(Br)c1. The van der Waals surface area contributed by atoms with Crippen molar-refractivity contribution < 1.29 is 5.11 Å². The molecule has 0 fully saturated rings. The first-order chi connectivity index (χ1) is 8.61. The number of aliphatic hydroxyl groups excluding tert-OH is 1. The summed E-state index contributed by atoms with van der Waals surface area (Å²) < 4.78 is 2.80. The zero-order chi connectivity index (χ0) is 13.1. The molecule has 18 heavy (non-hydrogen) atoms. The molecule has 1 heterocycles. The fraction of sp³-hybridized carbons (Fsp3) is 0.385. The second-order valence-corrected chi connectivity index (χ2v) is 5.25. The summed E-state index contributed by atoms with van der Waals surface area (Å²) >= 11 is 3.57. The van der Waals surface area contributed by atoms with E-state index >= 15 is 0 Å². The highest BCUT2D eigenvalue weighted by Crippen LogP contribution is 2.25. The summed E-state index contributed by atoms with van der Waals surface area (Å²) in [5, 5.41) is 17.1. The highest BCUT2D eigenvalue weighted by Gasteiger charge is 2.09. The van der Waals surface area contributed by atoms with Crippen LogP contribution in [0.3, 0.4) is 0 Å². The Morgan fingerprint density at radius 1 is 1.33 bits per heavy atom. The largest absolute Gasteiger partial charge is 0.396 e. The minimum Gasteiger partial charge on any atom is -0.396 e. The van der Waals surface area contributed by atoms with Crippen LogP contribution in [-0.4, -0.2) is 26.7 Å². The summed E-state index contributed by atoms with van der Waals surface area (Å²) in [6.07, 6.45) is 3.38. The molecule has 2 rings (SSSR count). The predicted molar refractivity (Wildman–Crippen MR) is 73.9 cm³/mol. The van der Waals surface area contributed by atoms with E-state index < -0.39 is 0 Å². The van der Waals surface area contributed by atoms with Gasteiger partial charge in [-0.25, -0.2) is 4.68 Å². The molecule has 0 atom stereocenters. The average Bonchev–Trinajstić information content (AvgIpc) is 2.73. The number of hydrogen-bond donors (Lipinski definition) is 1. The van der Waals surface area contributed by atoms with E-state index in [1.807, 2.05) is 6.20 Å². The minimum atomic E-state index is 0.181. The van der Waals surface area contributed by atoms with Crippen molar-refractivity contribution in [3.05, 3.63) is 39.6 Å². The lowest BCUT2D eigenvalue weighted by Crippen LogP contribution is -2.00. The van der Waals surface area contributed by atoms with Crippen molar-refractivity contribution in [3.8, 4) is 5.69 Å². The maximum absolute atomic E-state index is 8.81. The van der Waals surface area contributed by atoms with Gasteiger partial charge in [0, 0.05) is 11.1 Å². The third kappa shape index (κ3) is 2.79. The predicted octanol–water partition coefficient (Wildman–Crippen LogP) is 2.57. The van der Waals surface area contributed by atoms with E-state index in [9.17, 15) is 0 Å². The molecule has 0 radical (unpaired) electrons. The molecule has 0 unspecified atom stereocenters. The van der Waals surface area contributed by atoms with Gasteiger partial charge in [0.15, 0.2) is 0 Å². The van der Waals surface area contributed by atoms with Gasteiger partial charge in [-0.1, -0.05) is 11.3 Å². The molecule has 96 valence electrons. The van der Waals surface area contributed by atoms with Gasteiger partial charge >= 0.3 is 0 Å². The summed E-state index contributed by atoms with van der Waals surface area (Å²) in [4.78, 5) is 0. The molecule has 5 heteroatoms. The molecule has 0 spiro atoms. The molecule has 0 amide bonds. The van der Waals surface area contributed by atoms with Gasteiger partial charge in [0.2, 0.25) is 0 Å². The van der Waals surface area contributed by atoms with Crippen LogP contribution in [0.4, 0.5) is 0 Å². The van der Waals surface area contributed by atoms with Crippen molar-refractivity contribution in [2.75, 3.05) is 6.61 Å². The molecule has 4 nitrogen and oxygen atoms in total. The highest BCUT2D eigenvalue weighted by atomic mass is 79.9. The van der Waals surface area contributed by atoms with E-state index in [1.165, 1.54) is 5.56 Å². The molecule has 0 bridgehead atoms. The Morgan fingerprint density at radius 3 is 2.78 bits per heavy atom. The van der Waals surface area contributed by atoms with Crippen molar-refractivity contribution in [2.24, 2.45) is 0 Å². The second kappa shape index (κ2) is 5.63. The average molecular weight is 310 g/mol. The Balaban J connectivity index is 2.34. The Morgan fingerprint density at radius 2 is 2.11 bits per heavy atom. The van der Waals surface area contributed by atoms with Gasteiger partial charge in [-0.2, -0.15) is 0 Å². The third-order valence-electron chi connectivity index (χ3n) is 2.76. The Kier molecular flexibility index (Phi) is 4.14. The van der Waals surface area contributed by atoms with Gasteiger partial charge in [-0.05, 0) is 59.8 Å². The van der Waals surface area contributed by atoms with Crippen LogP contribution in [0.2, 0.25) is 0 Å². The quantitative estimate of drug-likeness (QED) is 0.944. The molecule has 0 aliphatic carbocycles. The zero-order valence-electron chi connectivity index (χ0n) is 10.5. The van der Waals surface area contributed by atoms with E-state index in [2.05, 4.69) is 52.2 Å². The van der Waals surface area contributed by atoms with Crippen molar-refractivity contribution in [1.29, 1.82) is 0 Å². The highest BCUT2D eigenvalue weighted by molar-refractivity contribution is 9.10. The maximum Gasteiger partial charge on any atom is 0.0834 e. The van der Waals surface area contributed by atoms with Crippen LogP contribution in [0.5, 0.6) is 0 Å². The van der Waals surface area contributed by atoms with Gasteiger partial charge in [0.1, 0.15) is 0 Å². The van der Waals surface area contributed by atoms with Crippen LogP contribution in [0, 0.1) is 13.8 Å². The number of nitrogens with zero attached hydrogens (tertiary/aromatic N) is 3. The van der Waals surface area contributed by atoms with E-state index in [0.29, 0.717) is 6.42 Å². The number of rotatable bonds is 4. The molecule has 1 N–H and O–H groups in total. The lowest BCUT2D eigenvalue weighted by Gasteiger charge is -2.08. The van der Waals surface area contributed by atoms with Crippen molar-refractivity contribution >= 4 is 15.9 Å². The fourth-order valence-electron chi connectivity index (χ4n) is 1.98. The molecule has 0 saturated heterocycles. The van der Waals surface area contributed by atoms with Crippen LogP contribution in [0.25, 0.3) is 5.69 Å². The van der Waals surface area contributed by atoms with Crippen LogP contribution in [-0.2, 0) is 6.42 Å². The number of halogens is 1. The van der Waals surface area contributed by atoms with E-state index in [-0.39, 0.29) is 6.61 Å². The van der Waals surface area contributed by atoms with Crippen LogP contribution in [0.1, 0.15) is 23.2 Å². The van der Waals surface area contributed by atoms with E-state index in [4.69, 9.17) is 5.11 Å². The first-order valence-electron chi connectivity index (χ1n) is 5.91. The molecular formula is C13H16BrN3O. The van der Waals surface area contributed by atoms with Gasteiger partial charge in [0.25, 0.3) is 0 Å². The molecule has 0 saturated carbocycles. The summed E-state index contributed by atoms with van der Waals surface area (Å²) in [6, 6.07) is 4.19. The first-order valence-corrected chi connectivity index (χ1v) is 6.70. The molecule has 0 aliphatic rings. The number of aliphatic hydroxyl groups is 1. The zero-order valence-corrected chi connectivity index (χ0v) is 12.1. The minimum absolute atomic E-state index is 0.181. The van der Waals surface area contributed by atoms with Gasteiger partial charge in [-0.15, -0.1) is 5.10 Å². The summed E-state index contributed by atoms with van der Waals surface area (Å²) in [7, 11) is 0. The van der Waals surface area contributed by atoms with Gasteiger partial charge < -0.3 is 5.11 Å². The number of hydrogen-bond acceptors (Lipinski definition) is 3. The Bertz CT molecular complexity index is 528. The monoisotopic (exact) mass is 309 g/mol. The van der Waals surface area contributed by atoms with Crippen molar-refractivity contribution in [1.82, 2.24) is 15.0 Å². The van der Waals surface area contributed by atoms with E-state index in [1.54, 1.807) is 4.68 Å². The second-order valence-electron chi connectivity index (χ2n) is 4.39. The van der Waals surface area contributed by atoms with Crippen LogP contribution < -0.4 is 0 Å². The van der Waals surface area contributed by atoms with Crippen LogP contribution >= 0.6 is 15.9 Å². The Labute approximate surface area is 115 Å². The molecule has 1 aromatic heterocycles. The summed E-state index contributed by atoms with van der Waals surface area (Å²) in [5.74, 6) is 0. The number of aryl methyl sites for hydroxylation is 3. The van der Waals surface area contributed by atoms with Crippen molar-refractivity contribution in [3.63, 3.8) is 0 Å². The smallest absolute Gasteiger partial charge is 0.0834 e.